The number of guanidine groups is 1. The summed E-state index contributed by atoms with van der Waals surface area (Å²) < 4.78 is 0.981. The van der Waals surface area contributed by atoms with E-state index < -0.39 is 18.2 Å². The molecule has 2 aliphatic rings. The van der Waals surface area contributed by atoms with Gasteiger partial charge in [-0.3, -0.25) is 15.1 Å². The first-order chi connectivity index (χ1) is 13.4. The molecule has 2 unspecified atom stereocenters. The highest BCUT2D eigenvalue weighted by atomic mass is 79.9. The molecule has 2 N–H and O–H groups in total. The zero-order valence-corrected chi connectivity index (χ0v) is 18.1. The predicted molar refractivity (Wildman–Crippen MR) is 112 cm³/mol. The van der Waals surface area contributed by atoms with E-state index in [0.717, 1.165) is 29.7 Å². The minimum atomic E-state index is -0.520. The van der Waals surface area contributed by atoms with Gasteiger partial charge in [0, 0.05) is 24.6 Å². The minimum Gasteiger partial charge on any atom is -0.333 e. The van der Waals surface area contributed by atoms with Crippen LogP contribution in [-0.2, 0) is 11.3 Å². The molecule has 2 atom stereocenters. The molecule has 2 saturated heterocycles. The van der Waals surface area contributed by atoms with Crippen LogP contribution in [0.2, 0.25) is 0 Å². The van der Waals surface area contributed by atoms with Gasteiger partial charge in [-0.15, -0.1) is 0 Å². The number of nitrogens with zero attached hydrogens (tertiary/aromatic N) is 4. The van der Waals surface area contributed by atoms with E-state index >= 15 is 0 Å². The Labute approximate surface area is 174 Å². The van der Waals surface area contributed by atoms with Crippen molar-refractivity contribution in [2.45, 2.75) is 32.6 Å². The molecule has 0 spiro atoms. The smallest absolute Gasteiger partial charge is 0.325 e. The number of benzene rings is 1. The average Bonchev–Trinajstić information content (AvgIpc) is 3.02. The number of halogens is 1. The second kappa shape index (κ2) is 8.91. The molecule has 28 heavy (non-hydrogen) atoms. The second-order valence-electron chi connectivity index (χ2n) is 6.93. The van der Waals surface area contributed by atoms with Crippen LogP contribution in [0.1, 0.15) is 19.4 Å². The number of aliphatic imine (C=N–C) groups is 1. The molecule has 3 amide bonds. The molecule has 8 nitrogen and oxygen atoms in total. The second-order valence-corrected chi connectivity index (χ2v) is 7.85. The molecule has 0 saturated carbocycles. The van der Waals surface area contributed by atoms with Crippen molar-refractivity contribution >= 4 is 33.8 Å². The van der Waals surface area contributed by atoms with Gasteiger partial charge in [0.05, 0.1) is 6.54 Å². The van der Waals surface area contributed by atoms with Crippen molar-refractivity contribution in [1.29, 1.82) is 0 Å². The highest BCUT2D eigenvalue weighted by Gasteiger charge is 2.49. The molecule has 0 aliphatic carbocycles. The van der Waals surface area contributed by atoms with Gasteiger partial charge in [-0.25, -0.2) is 4.79 Å². The molecule has 1 aromatic carbocycles. The maximum atomic E-state index is 12.6. The molecule has 3 rings (SSSR count). The molecule has 1 aromatic rings. The number of fused-ring (bicyclic) bond motifs is 1. The lowest BCUT2D eigenvalue weighted by Crippen LogP contribution is -2.64. The minimum absolute atomic E-state index is 0.301. The summed E-state index contributed by atoms with van der Waals surface area (Å²) in [5.74, 6) is 0.350. The maximum absolute atomic E-state index is 12.6. The first-order valence-electron chi connectivity index (χ1n) is 9.56. The Morgan fingerprint density at radius 1 is 1.25 bits per heavy atom. The van der Waals surface area contributed by atoms with Gasteiger partial charge >= 0.3 is 6.03 Å². The summed E-state index contributed by atoms with van der Waals surface area (Å²) in [7, 11) is 1.68. The number of hydrogen-bond donors (Lipinski definition) is 2. The van der Waals surface area contributed by atoms with Crippen molar-refractivity contribution in [2.24, 2.45) is 4.99 Å². The van der Waals surface area contributed by atoms with Crippen LogP contribution < -0.4 is 10.6 Å². The van der Waals surface area contributed by atoms with E-state index in [-0.39, 0.29) is 5.91 Å². The maximum Gasteiger partial charge on any atom is 0.325 e. The number of hydrogen-bond acceptors (Lipinski definition) is 4. The monoisotopic (exact) mass is 450 g/mol. The van der Waals surface area contributed by atoms with Gasteiger partial charge in [-0.05, 0) is 30.8 Å². The van der Waals surface area contributed by atoms with Crippen LogP contribution in [0, 0.1) is 0 Å². The number of nitrogens with one attached hydrogen (secondary N) is 2. The van der Waals surface area contributed by atoms with E-state index in [9.17, 15) is 9.59 Å². The van der Waals surface area contributed by atoms with E-state index in [1.54, 1.807) is 7.05 Å². The molecule has 2 heterocycles. The number of urea groups is 1. The van der Waals surface area contributed by atoms with Gasteiger partial charge in [0.1, 0.15) is 6.17 Å². The summed E-state index contributed by atoms with van der Waals surface area (Å²) in [6.45, 7) is 8.19. The summed E-state index contributed by atoms with van der Waals surface area (Å²) in [6.07, 6.45) is -0.430. The summed E-state index contributed by atoms with van der Waals surface area (Å²) >= 11 is 3.50. The summed E-state index contributed by atoms with van der Waals surface area (Å²) in [6, 6.07) is 7.05. The van der Waals surface area contributed by atoms with Crippen molar-refractivity contribution < 1.29 is 9.59 Å². The van der Waals surface area contributed by atoms with Crippen LogP contribution in [0.15, 0.2) is 33.7 Å². The van der Waals surface area contributed by atoms with Gasteiger partial charge in [0.2, 0.25) is 0 Å². The number of imide groups is 1. The van der Waals surface area contributed by atoms with Gasteiger partial charge < -0.3 is 20.0 Å². The average molecular weight is 451 g/mol. The highest BCUT2D eigenvalue weighted by Crippen LogP contribution is 2.23. The zero-order chi connectivity index (χ0) is 20.3. The standard InChI is InChI=1S/C19H27BrN6O2/c1-4-25(5-2)10-9-21-18-22-16-15(17(27)23-19(28)24(16)3)26(18)12-13-7-6-8-14(20)11-13/h6-8,11,15-16H,4-5,9-10,12H2,1-3H3,(H,21,22)(H,23,27,28). The Morgan fingerprint density at radius 2 is 2.00 bits per heavy atom. The molecular formula is C19H27BrN6O2. The van der Waals surface area contributed by atoms with Crippen LogP contribution in [0.4, 0.5) is 4.79 Å². The van der Waals surface area contributed by atoms with E-state index in [1.807, 2.05) is 29.2 Å². The largest absolute Gasteiger partial charge is 0.333 e. The lowest BCUT2D eigenvalue weighted by molar-refractivity contribution is -0.127. The first-order valence-corrected chi connectivity index (χ1v) is 10.4. The van der Waals surface area contributed by atoms with E-state index in [1.165, 1.54) is 4.90 Å². The lowest BCUT2D eigenvalue weighted by Gasteiger charge is -2.35. The van der Waals surface area contributed by atoms with Gasteiger partial charge in [0.25, 0.3) is 5.91 Å². The topological polar surface area (TPSA) is 80.3 Å². The van der Waals surface area contributed by atoms with E-state index in [2.05, 4.69) is 45.3 Å². The third kappa shape index (κ3) is 4.30. The predicted octanol–water partition coefficient (Wildman–Crippen LogP) is 1.43. The molecule has 0 aromatic heterocycles. The summed E-state index contributed by atoms with van der Waals surface area (Å²) in [5, 5.41) is 5.72. The fourth-order valence-electron chi connectivity index (χ4n) is 3.56. The van der Waals surface area contributed by atoms with Gasteiger partial charge in [0.15, 0.2) is 12.0 Å². The molecular weight excluding hydrogens is 424 g/mol. The van der Waals surface area contributed by atoms with Crippen LogP contribution in [0.3, 0.4) is 0 Å². The Bertz CT molecular complexity index is 767. The number of amides is 3. The van der Waals surface area contributed by atoms with Crippen molar-refractivity contribution in [1.82, 2.24) is 25.3 Å². The van der Waals surface area contributed by atoms with Gasteiger partial charge in [-0.2, -0.15) is 0 Å². The fourth-order valence-corrected chi connectivity index (χ4v) is 4.01. The van der Waals surface area contributed by atoms with Crippen LogP contribution in [0.25, 0.3) is 0 Å². The zero-order valence-electron chi connectivity index (χ0n) is 16.5. The first kappa shape index (κ1) is 20.6. The Kier molecular flexibility index (Phi) is 6.56. The van der Waals surface area contributed by atoms with Crippen molar-refractivity contribution in [3.8, 4) is 0 Å². The van der Waals surface area contributed by atoms with Crippen LogP contribution >= 0.6 is 15.9 Å². The SMILES string of the molecule is CCN(CC)CCN=C1NC2C(C(=O)NC(=O)N2C)N1Cc1cccc(Br)c1. The number of rotatable bonds is 7. The van der Waals surface area contributed by atoms with Crippen molar-refractivity contribution in [2.75, 3.05) is 33.2 Å². The van der Waals surface area contributed by atoms with Gasteiger partial charge in [-0.1, -0.05) is 41.9 Å². The number of likely N-dealkylation sites (N-methyl/N-ethyl adjacent to an activating group) is 2. The third-order valence-corrected chi connectivity index (χ3v) is 5.73. The highest BCUT2D eigenvalue weighted by molar-refractivity contribution is 9.10. The molecule has 2 fully saturated rings. The Hall–Kier alpha value is -2.13. The summed E-state index contributed by atoms with van der Waals surface area (Å²) in [4.78, 5) is 35.1. The molecule has 152 valence electrons. The Balaban J connectivity index is 1.85. The quantitative estimate of drug-likeness (QED) is 0.656. The summed E-state index contributed by atoms with van der Waals surface area (Å²) in [5.41, 5.74) is 1.06. The number of carbonyl (C=O) groups excluding carboxylic acids is 2. The Morgan fingerprint density at radius 3 is 2.68 bits per heavy atom. The van der Waals surface area contributed by atoms with Crippen LogP contribution in [0.5, 0.6) is 0 Å². The van der Waals surface area contributed by atoms with Crippen LogP contribution in [-0.4, -0.2) is 78.0 Å². The van der Waals surface area contributed by atoms with E-state index in [0.29, 0.717) is 19.0 Å². The molecule has 9 heteroatoms. The lowest BCUT2D eigenvalue weighted by atomic mass is 10.1. The third-order valence-electron chi connectivity index (χ3n) is 5.23. The normalized spacial score (nSPS) is 23.2. The number of carbonyl (C=O) groups is 2. The van der Waals surface area contributed by atoms with E-state index in [4.69, 9.17) is 4.99 Å². The molecule has 0 bridgehead atoms. The molecule has 0 radical (unpaired) electrons. The van der Waals surface area contributed by atoms with Crippen molar-refractivity contribution in [3.63, 3.8) is 0 Å². The molecule has 2 aliphatic heterocycles. The van der Waals surface area contributed by atoms with Crippen molar-refractivity contribution in [3.05, 3.63) is 34.3 Å². The fraction of sp³-hybridized carbons (Fsp3) is 0.526.